The van der Waals surface area contributed by atoms with Gasteiger partial charge in [-0.15, -0.1) is 53.6 Å². The predicted molar refractivity (Wildman–Crippen MR) is 154 cm³/mol. The van der Waals surface area contributed by atoms with E-state index in [1.54, 1.807) is 12.4 Å². The van der Waals surface area contributed by atoms with Crippen LogP contribution in [0.4, 0.5) is 0 Å². The van der Waals surface area contributed by atoms with Crippen LogP contribution in [0.5, 0.6) is 0 Å². The fourth-order valence-corrected chi connectivity index (χ4v) is 4.49. The van der Waals surface area contributed by atoms with Gasteiger partial charge in [0.15, 0.2) is 0 Å². The van der Waals surface area contributed by atoms with Crippen LogP contribution in [-0.4, -0.2) is 9.97 Å². The molecule has 0 N–H and O–H groups in total. The molecule has 0 fully saturated rings. The fourth-order valence-electron chi connectivity index (χ4n) is 4.49. The van der Waals surface area contributed by atoms with Crippen LogP contribution in [-0.2, 0) is 20.1 Å². The molecule has 0 unspecified atom stereocenters. The Hall–Kier alpha value is -4.37. The van der Waals surface area contributed by atoms with Crippen molar-refractivity contribution >= 4 is 21.9 Å². The first-order chi connectivity index (χ1) is 18.8. The summed E-state index contributed by atoms with van der Waals surface area (Å²) in [7, 11) is 0. The van der Waals surface area contributed by atoms with Crippen LogP contribution in [0, 0.1) is 19.1 Å². The van der Waals surface area contributed by atoms with E-state index in [9.17, 15) is 0 Å². The number of pyridine rings is 2. The number of aryl methyl sites for hydroxylation is 1. The van der Waals surface area contributed by atoms with E-state index < -0.39 is 0 Å². The van der Waals surface area contributed by atoms with E-state index in [4.69, 9.17) is 4.42 Å². The van der Waals surface area contributed by atoms with Crippen molar-refractivity contribution in [2.45, 2.75) is 6.92 Å². The minimum atomic E-state index is 0. The standard InChI is InChI=1S/C23H14NO.C12H10N.Ir/c1-2-8-16(9-3-1)17-10-6-11-18-19-12-7-13-20(23(19)25-22(17)18)21-14-4-5-15-24-21;1-10-5-7-11(8-6-10)12-4-2-3-9-13-12;/h1-12,14-15H;2-7,9H,1H3;/q2*-1;. The molecule has 0 amide bonds. The molecule has 39 heavy (non-hydrogen) atoms. The van der Waals surface area contributed by atoms with Gasteiger partial charge in [0.25, 0.3) is 0 Å². The number of hydrogen-bond acceptors (Lipinski definition) is 3. The molecule has 0 bridgehead atoms. The zero-order chi connectivity index (χ0) is 25.7. The van der Waals surface area contributed by atoms with Gasteiger partial charge in [-0.25, -0.2) is 0 Å². The number of aromatic nitrogens is 2. The van der Waals surface area contributed by atoms with E-state index in [1.165, 1.54) is 5.56 Å². The molecular weight excluding hydrogens is 657 g/mol. The number of benzene rings is 4. The average Bonchev–Trinajstić information content (AvgIpc) is 3.38. The third kappa shape index (κ3) is 5.58. The summed E-state index contributed by atoms with van der Waals surface area (Å²) >= 11 is 0. The molecule has 3 nitrogen and oxygen atoms in total. The SMILES string of the molecule is Cc1c[c-]c(-c2ccccn2)cc1.[Ir].[c-]1ccc2c(oc3c(-c4ccccc4)cccc32)c1-c1ccccn1. The number of fused-ring (bicyclic) bond motifs is 3. The Morgan fingerprint density at radius 1 is 0.615 bits per heavy atom. The minimum Gasteiger partial charge on any atom is -0.500 e. The Balaban J connectivity index is 0.000000187. The van der Waals surface area contributed by atoms with E-state index in [0.717, 1.165) is 55.6 Å². The molecule has 3 heterocycles. The maximum absolute atomic E-state index is 6.35. The largest absolute Gasteiger partial charge is 0.500 e. The first-order valence-corrected chi connectivity index (χ1v) is 12.5. The molecule has 4 aromatic carbocycles. The van der Waals surface area contributed by atoms with Crippen molar-refractivity contribution in [1.29, 1.82) is 0 Å². The molecule has 7 aromatic rings. The van der Waals surface area contributed by atoms with Crippen molar-refractivity contribution in [3.63, 3.8) is 0 Å². The topological polar surface area (TPSA) is 38.9 Å². The molecule has 3 aromatic heterocycles. The maximum Gasteiger partial charge on any atom is 0.128 e. The van der Waals surface area contributed by atoms with Gasteiger partial charge in [0.2, 0.25) is 0 Å². The molecule has 7 rings (SSSR count). The molecule has 0 saturated carbocycles. The smallest absolute Gasteiger partial charge is 0.128 e. The van der Waals surface area contributed by atoms with Crippen molar-refractivity contribution < 1.29 is 24.5 Å². The van der Waals surface area contributed by atoms with Gasteiger partial charge in [0.1, 0.15) is 5.58 Å². The monoisotopic (exact) mass is 681 g/mol. The maximum atomic E-state index is 6.35. The molecule has 0 aliphatic rings. The van der Waals surface area contributed by atoms with Crippen LogP contribution < -0.4 is 0 Å². The van der Waals surface area contributed by atoms with Gasteiger partial charge in [0.05, 0.1) is 5.58 Å². The van der Waals surface area contributed by atoms with E-state index >= 15 is 0 Å². The molecule has 1 radical (unpaired) electrons. The summed E-state index contributed by atoms with van der Waals surface area (Å²) in [6, 6.07) is 44.9. The van der Waals surface area contributed by atoms with Crippen LogP contribution in [0.2, 0.25) is 0 Å². The summed E-state index contributed by atoms with van der Waals surface area (Å²) in [6.07, 6.45) is 3.59. The molecule has 4 heteroatoms. The van der Waals surface area contributed by atoms with Crippen LogP contribution in [0.25, 0.3) is 55.6 Å². The zero-order valence-electron chi connectivity index (χ0n) is 21.3. The fraction of sp³-hybridized carbons (Fsp3) is 0.0286. The summed E-state index contributed by atoms with van der Waals surface area (Å²) in [5.41, 5.74) is 8.99. The van der Waals surface area contributed by atoms with Gasteiger partial charge in [0, 0.05) is 43.4 Å². The quantitative estimate of drug-likeness (QED) is 0.175. The van der Waals surface area contributed by atoms with Crippen LogP contribution in [0.15, 0.2) is 132 Å². The van der Waals surface area contributed by atoms with Crippen LogP contribution in [0.3, 0.4) is 0 Å². The van der Waals surface area contributed by atoms with E-state index in [1.807, 2.05) is 72.8 Å². The van der Waals surface area contributed by atoms with Gasteiger partial charge >= 0.3 is 0 Å². The summed E-state index contributed by atoms with van der Waals surface area (Å²) in [5.74, 6) is 0. The summed E-state index contributed by atoms with van der Waals surface area (Å²) in [6.45, 7) is 2.05. The number of nitrogens with zero attached hydrogens (tertiary/aromatic N) is 2. The second-order valence-electron chi connectivity index (χ2n) is 8.96. The number of furan rings is 1. The second-order valence-corrected chi connectivity index (χ2v) is 8.96. The second kappa shape index (κ2) is 12.0. The first-order valence-electron chi connectivity index (χ1n) is 12.5. The Morgan fingerprint density at radius 2 is 1.33 bits per heavy atom. The number of rotatable bonds is 3. The third-order valence-electron chi connectivity index (χ3n) is 6.37. The Morgan fingerprint density at radius 3 is 2.03 bits per heavy atom. The Bertz CT molecular complexity index is 1700. The number of para-hydroxylation sites is 1. The molecule has 0 atom stereocenters. The van der Waals surface area contributed by atoms with E-state index in [0.29, 0.717) is 0 Å². The van der Waals surface area contributed by atoms with E-state index in [-0.39, 0.29) is 20.1 Å². The molecule has 0 aliphatic heterocycles. The predicted octanol–water partition coefficient (Wildman–Crippen LogP) is 8.97. The van der Waals surface area contributed by atoms with Crippen molar-refractivity contribution in [3.8, 4) is 33.6 Å². The molecule has 191 valence electrons. The Labute approximate surface area is 241 Å². The summed E-state index contributed by atoms with van der Waals surface area (Å²) in [5, 5.41) is 2.20. The summed E-state index contributed by atoms with van der Waals surface area (Å²) in [4.78, 5) is 8.71. The van der Waals surface area contributed by atoms with Crippen molar-refractivity contribution in [2.75, 3.05) is 0 Å². The molecule has 0 saturated heterocycles. The zero-order valence-corrected chi connectivity index (χ0v) is 23.7. The van der Waals surface area contributed by atoms with Crippen LogP contribution >= 0.6 is 0 Å². The van der Waals surface area contributed by atoms with Gasteiger partial charge in [-0.3, -0.25) is 0 Å². The summed E-state index contributed by atoms with van der Waals surface area (Å²) < 4.78 is 6.35. The normalized spacial score (nSPS) is 10.5. The van der Waals surface area contributed by atoms with Crippen molar-refractivity contribution in [1.82, 2.24) is 9.97 Å². The molecule has 0 aliphatic carbocycles. The van der Waals surface area contributed by atoms with Crippen molar-refractivity contribution in [3.05, 3.63) is 145 Å². The molecular formula is C35H24IrN2O-2. The average molecular weight is 681 g/mol. The third-order valence-corrected chi connectivity index (χ3v) is 6.37. The van der Waals surface area contributed by atoms with Gasteiger partial charge in [-0.2, -0.15) is 0 Å². The minimum absolute atomic E-state index is 0. The first kappa shape index (κ1) is 26.2. The van der Waals surface area contributed by atoms with Crippen LogP contribution in [0.1, 0.15) is 5.56 Å². The molecule has 0 spiro atoms. The van der Waals surface area contributed by atoms with E-state index in [2.05, 4.69) is 71.5 Å². The Kier molecular flexibility index (Phi) is 8.07. The van der Waals surface area contributed by atoms with Gasteiger partial charge in [-0.1, -0.05) is 90.7 Å². The van der Waals surface area contributed by atoms with Gasteiger partial charge < -0.3 is 14.4 Å². The van der Waals surface area contributed by atoms with Crippen molar-refractivity contribution in [2.24, 2.45) is 0 Å². The number of hydrogen-bond donors (Lipinski definition) is 0. The van der Waals surface area contributed by atoms with Gasteiger partial charge in [-0.05, 0) is 29.1 Å².